The molecule has 0 radical (unpaired) electrons. The molecule has 0 aliphatic rings. The van der Waals surface area contributed by atoms with Gasteiger partial charge in [-0.25, -0.2) is 24.4 Å². The van der Waals surface area contributed by atoms with E-state index >= 15 is 0 Å². The number of amides is 2. The highest BCUT2D eigenvalue weighted by Gasteiger charge is 2.29. The zero-order valence-electron chi connectivity index (χ0n) is 18.9. The average molecular weight is 443 g/mol. The van der Waals surface area contributed by atoms with Crippen LogP contribution in [-0.2, 0) is 32.0 Å². The molecule has 0 unspecified atom stereocenters. The van der Waals surface area contributed by atoms with Gasteiger partial charge in [-0.15, -0.1) is 0 Å². The minimum atomic E-state index is -1.18. The maximum absolute atomic E-state index is 12.7. The number of carbonyl (C=O) groups excluding carboxylic acids is 3. The molecule has 2 aromatic rings. The van der Waals surface area contributed by atoms with Crippen LogP contribution in [0, 0.1) is 5.92 Å². The van der Waals surface area contributed by atoms with Gasteiger partial charge in [0.25, 0.3) is 0 Å². The molecular formula is C24H30N2O6. The molecule has 0 bridgehead atoms. The molecule has 2 amide bonds. The van der Waals surface area contributed by atoms with Crippen molar-refractivity contribution in [2.75, 3.05) is 20.7 Å². The standard InChI is InChI=1S/C24H30N2O6/c1-18(2)16-31-23(28)25(3)26(4)24(29)32-21(15-19-11-7-5-8-12-19)22(27)30-17-20-13-9-6-10-14-20/h5-14,18,21H,15-17H2,1-4H3/t21-/m0/s1. The van der Waals surface area contributed by atoms with Gasteiger partial charge in [0.15, 0.2) is 0 Å². The summed E-state index contributed by atoms with van der Waals surface area (Å²) >= 11 is 0. The molecule has 1 atom stereocenters. The molecule has 8 nitrogen and oxygen atoms in total. The van der Waals surface area contributed by atoms with Gasteiger partial charge in [0.05, 0.1) is 6.61 Å². The number of hydrogen-bond acceptors (Lipinski definition) is 6. The van der Waals surface area contributed by atoms with Crippen LogP contribution in [0.2, 0.25) is 0 Å². The molecule has 0 aliphatic heterocycles. The van der Waals surface area contributed by atoms with Gasteiger partial charge in [-0.05, 0) is 17.0 Å². The van der Waals surface area contributed by atoms with Gasteiger partial charge >= 0.3 is 18.2 Å². The van der Waals surface area contributed by atoms with E-state index in [0.29, 0.717) is 0 Å². The Morgan fingerprint density at radius 3 is 1.88 bits per heavy atom. The number of benzene rings is 2. The van der Waals surface area contributed by atoms with E-state index in [1.54, 1.807) is 0 Å². The summed E-state index contributed by atoms with van der Waals surface area (Å²) in [5, 5.41) is 1.94. The molecule has 2 aromatic carbocycles. The van der Waals surface area contributed by atoms with E-state index in [1.807, 2.05) is 74.5 Å². The number of carbonyl (C=O) groups is 3. The summed E-state index contributed by atoms with van der Waals surface area (Å²) in [6.07, 6.45) is -2.64. The number of hydrazine groups is 1. The van der Waals surface area contributed by atoms with Crippen molar-refractivity contribution in [2.45, 2.75) is 33.0 Å². The summed E-state index contributed by atoms with van der Waals surface area (Å²) in [5.74, 6) is -0.524. The molecule has 0 heterocycles. The fourth-order valence-corrected chi connectivity index (χ4v) is 2.60. The van der Waals surface area contributed by atoms with Crippen LogP contribution in [0.15, 0.2) is 60.7 Å². The monoisotopic (exact) mass is 442 g/mol. The molecule has 2 rings (SSSR count). The van der Waals surface area contributed by atoms with Crippen LogP contribution in [0.5, 0.6) is 0 Å². The van der Waals surface area contributed by atoms with Crippen molar-refractivity contribution in [2.24, 2.45) is 5.92 Å². The third-order valence-corrected chi connectivity index (χ3v) is 4.51. The number of nitrogens with zero attached hydrogens (tertiary/aromatic N) is 2. The molecular weight excluding hydrogens is 412 g/mol. The van der Waals surface area contributed by atoms with E-state index < -0.39 is 24.3 Å². The first-order valence-electron chi connectivity index (χ1n) is 10.4. The quantitative estimate of drug-likeness (QED) is 0.348. The predicted molar refractivity (Wildman–Crippen MR) is 118 cm³/mol. The van der Waals surface area contributed by atoms with Crippen LogP contribution in [0.25, 0.3) is 0 Å². The van der Waals surface area contributed by atoms with E-state index in [0.717, 1.165) is 21.1 Å². The molecule has 0 aromatic heterocycles. The molecule has 0 saturated carbocycles. The first kappa shape index (κ1) is 24.7. The SMILES string of the molecule is CC(C)COC(=O)N(C)N(C)C(=O)O[C@@H](Cc1ccccc1)C(=O)OCc1ccccc1. The summed E-state index contributed by atoms with van der Waals surface area (Å²) in [6, 6.07) is 18.4. The van der Waals surface area contributed by atoms with Crippen molar-refractivity contribution >= 4 is 18.2 Å². The van der Waals surface area contributed by atoms with Gasteiger partial charge in [0.2, 0.25) is 6.10 Å². The second-order valence-electron chi connectivity index (χ2n) is 7.67. The van der Waals surface area contributed by atoms with Crippen LogP contribution >= 0.6 is 0 Å². The smallest absolute Gasteiger partial charge is 0.429 e. The first-order valence-corrected chi connectivity index (χ1v) is 10.4. The molecule has 0 aliphatic carbocycles. The zero-order valence-corrected chi connectivity index (χ0v) is 18.9. The Hall–Kier alpha value is -3.55. The number of hydrogen-bond donors (Lipinski definition) is 0. The van der Waals surface area contributed by atoms with E-state index in [-0.39, 0.29) is 25.6 Å². The topological polar surface area (TPSA) is 85.4 Å². The van der Waals surface area contributed by atoms with Gasteiger partial charge in [-0.2, -0.15) is 0 Å². The zero-order chi connectivity index (χ0) is 23.5. The maximum atomic E-state index is 12.7. The summed E-state index contributed by atoms with van der Waals surface area (Å²) in [5.41, 5.74) is 1.62. The second-order valence-corrected chi connectivity index (χ2v) is 7.67. The summed E-state index contributed by atoms with van der Waals surface area (Å²) in [4.78, 5) is 37.5. The lowest BCUT2D eigenvalue weighted by Crippen LogP contribution is -2.47. The molecule has 0 N–H and O–H groups in total. The maximum Gasteiger partial charge on any atom is 0.429 e. The second kappa shape index (κ2) is 12.3. The highest BCUT2D eigenvalue weighted by molar-refractivity contribution is 5.80. The summed E-state index contributed by atoms with van der Waals surface area (Å²) < 4.78 is 15.9. The minimum absolute atomic E-state index is 0.0553. The predicted octanol–water partition coefficient (Wildman–Crippen LogP) is 4.05. The minimum Gasteiger partial charge on any atom is -0.458 e. The third kappa shape index (κ3) is 7.94. The lowest BCUT2D eigenvalue weighted by atomic mass is 10.1. The molecule has 8 heteroatoms. The number of rotatable bonds is 8. The van der Waals surface area contributed by atoms with Crippen molar-refractivity contribution in [3.8, 4) is 0 Å². The lowest BCUT2D eigenvalue weighted by molar-refractivity contribution is -0.156. The Bertz CT molecular complexity index is 873. The third-order valence-electron chi connectivity index (χ3n) is 4.51. The lowest BCUT2D eigenvalue weighted by Gasteiger charge is -2.28. The highest BCUT2D eigenvalue weighted by Crippen LogP contribution is 2.12. The van der Waals surface area contributed by atoms with Crippen LogP contribution in [0.3, 0.4) is 0 Å². The van der Waals surface area contributed by atoms with Crippen molar-refractivity contribution < 1.29 is 28.6 Å². The van der Waals surface area contributed by atoms with Crippen molar-refractivity contribution in [3.63, 3.8) is 0 Å². The van der Waals surface area contributed by atoms with Crippen LogP contribution in [0.1, 0.15) is 25.0 Å². The fourth-order valence-electron chi connectivity index (χ4n) is 2.60. The van der Waals surface area contributed by atoms with E-state index in [4.69, 9.17) is 14.2 Å². The van der Waals surface area contributed by atoms with Gasteiger partial charge < -0.3 is 14.2 Å². The Balaban J connectivity index is 2.04. The largest absolute Gasteiger partial charge is 0.458 e. The Morgan fingerprint density at radius 2 is 1.31 bits per heavy atom. The molecule has 0 fully saturated rings. The van der Waals surface area contributed by atoms with E-state index in [1.165, 1.54) is 14.1 Å². The fraction of sp³-hybridized carbons (Fsp3) is 0.375. The summed E-state index contributed by atoms with van der Waals surface area (Å²) in [6.45, 7) is 4.08. The molecule has 0 saturated heterocycles. The normalized spacial score (nSPS) is 11.4. The van der Waals surface area contributed by atoms with Gasteiger partial charge in [-0.3, -0.25) is 0 Å². The molecule has 0 spiro atoms. The highest BCUT2D eigenvalue weighted by atomic mass is 16.6. The van der Waals surface area contributed by atoms with Crippen molar-refractivity contribution in [1.29, 1.82) is 0 Å². The Morgan fingerprint density at radius 1 is 0.781 bits per heavy atom. The Labute approximate surface area is 188 Å². The molecule has 32 heavy (non-hydrogen) atoms. The van der Waals surface area contributed by atoms with Gasteiger partial charge in [0, 0.05) is 20.5 Å². The number of ether oxygens (including phenoxy) is 3. The average Bonchev–Trinajstić information content (AvgIpc) is 2.80. The van der Waals surface area contributed by atoms with Crippen molar-refractivity contribution in [3.05, 3.63) is 71.8 Å². The van der Waals surface area contributed by atoms with E-state index in [9.17, 15) is 14.4 Å². The summed E-state index contributed by atoms with van der Waals surface area (Å²) in [7, 11) is 2.73. The van der Waals surface area contributed by atoms with Gasteiger partial charge in [0.1, 0.15) is 6.61 Å². The van der Waals surface area contributed by atoms with Crippen molar-refractivity contribution in [1.82, 2.24) is 10.0 Å². The van der Waals surface area contributed by atoms with Crippen LogP contribution in [0.4, 0.5) is 9.59 Å². The molecule has 172 valence electrons. The first-order chi connectivity index (χ1) is 15.3. The van der Waals surface area contributed by atoms with Gasteiger partial charge in [-0.1, -0.05) is 74.5 Å². The number of esters is 1. The van der Waals surface area contributed by atoms with E-state index in [2.05, 4.69) is 0 Å². The van der Waals surface area contributed by atoms with Crippen LogP contribution < -0.4 is 0 Å². The Kier molecular flexibility index (Phi) is 9.53. The van der Waals surface area contributed by atoms with Crippen LogP contribution in [-0.4, -0.2) is 55.0 Å².